The molecule has 106 valence electrons. The number of aryl methyl sites for hydroxylation is 2. The molecule has 0 spiro atoms. The summed E-state index contributed by atoms with van der Waals surface area (Å²) in [6.45, 7) is 4.51. The topological polar surface area (TPSA) is 38.0 Å². The molecule has 0 saturated heterocycles. The monoisotopic (exact) mass is 260 g/mol. The molecule has 1 aromatic rings. The highest BCUT2D eigenvalue weighted by Crippen LogP contribution is 2.31. The fourth-order valence-corrected chi connectivity index (χ4v) is 3.38. The molecule has 3 unspecified atom stereocenters. The van der Waals surface area contributed by atoms with E-state index in [4.69, 9.17) is 5.84 Å². The number of rotatable bonds is 5. The molecule has 1 aliphatic carbocycles. The molecule has 0 bridgehead atoms. The van der Waals surface area contributed by atoms with Gasteiger partial charge in [0.1, 0.15) is 0 Å². The lowest BCUT2D eigenvalue weighted by Gasteiger charge is -2.33. The second kappa shape index (κ2) is 7.06. The van der Waals surface area contributed by atoms with Gasteiger partial charge in [0.05, 0.1) is 0 Å². The highest BCUT2D eigenvalue weighted by atomic mass is 15.2. The van der Waals surface area contributed by atoms with E-state index in [1.165, 1.54) is 36.8 Å². The molecule has 0 aromatic heterocycles. The number of hydrogen-bond donors (Lipinski definition) is 2. The smallest absolute Gasteiger partial charge is 0.0242 e. The molecule has 2 nitrogen and oxygen atoms in total. The van der Waals surface area contributed by atoms with Crippen LogP contribution in [0.2, 0.25) is 0 Å². The first-order valence-corrected chi connectivity index (χ1v) is 7.70. The number of nitrogens with two attached hydrogens (primary N) is 1. The molecular formula is C17H28N2. The van der Waals surface area contributed by atoms with Crippen molar-refractivity contribution in [3.63, 3.8) is 0 Å². The summed E-state index contributed by atoms with van der Waals surface area (Å²) < 4.78 is 0. The van der Waals surface area contributed by atoms with E-state index < -0.39 is 0 Å². The lowest BCUT2D eigenvalue weighted by atomic mass is 9.77. The minimum atomic E-state index is 0.476. The van der Waals surface area contributed by atoms with Crippen LogP contribution in [0, 0.1) is 18.8 Å². The quantitative estimate of drug-likeness (QED) is 0.627. The third-order valence-electron chi connectivity index (χ3n) is 4.62. The molecule has 1 fully saturated rings. The average Bonchev–Trinajstić information content (AvgIpc) is 2.42. The second-order valence-corrected chi connectivity index (χ2v) is 6.33. The second-order valence-electron chi connectivity index (χ2n) is 6.33. The van der Waals surface area contributed by atoms with E-state index in [1.54, 1.807) is 0 Å². The van der Waals surface area contributed by atoms with Crippen molar-refractivity contribution in [2.75, 3.05) is 0 Å². The Balaban J connectivity index is 1.86. The molecule has 0 heterocycles. The lowest BCUT2D eigenvalue weighted by Crippen LogP contribution is -2.42. The Labute approximate surface area is 117 Å². The number of hydrogen-bond acceptors (Lipinski definition) is 2. The van der Waals surface area contributed by atoms with Gasteiger partial charge in [-0.25, -0.2) is 0 Å². The lowest BCUT2D eigenvalue weighted by molar-refractivity contribution is 0.216. The zero-order chi connectivity index (χ0) is 13.7. The SMILES string of the molecule is Cc1ccc(CCC(NN)C2CCCC(C)C2)cc1. The van der Waals surface area contributed by atoms with Crippen LogP contribution in [0.3, 0.4) is 0 Å². The molecule has 3 N–H and O–H groups in total. The van der Waals surface area contributed by atoms with Crippen LogP contribution in [0.4, 0.5) is 0 Å². The summed E-state index contributed by atoms with van der Waals surface area (Å²) in [5, 5.41) is 0. The Morgan fingerprint density at radius 1 is 1.26 bits per heavy atom. The fourth-order valence-electron chi connectivity index (χ4n) is 3.38. The minimum Gasteiger partial charge on any atom is -0.271 e. The Bertz CT molecular complexity index is 371. The first-order chi connectivity index (χ1) is 9.19. The Morgan fingerprint density at radius 3 is 2.63 bits per heavy atom. The van der Waals surface area contributed by atoms with E-state index in [0.717, 1.165) is 24.7 Å². The zero-order valence-corrected chi connectivity index (χ0v) is 12.4. The van der Waals surface area contributed by atoms with Crippen LogP contribution in [0.1, 0.15) is 50.2 Å². The summed E-state index contributed by atoms with van der Waals surface area (Å²) in [4.78, 5) is 0. The van der Waals surface area contributed by atoms with Gasteiger partial charge in [-0.15, -0.1) is 0 Å². The third kappa shape index (κ3) is 4.32. The largest absolute Gasteiger partial charge is 0.271 e. The maximum Gasteiger partial charge on any atom is 0.0242 e. The van der Waals surface area contributed by atoms with Gasteiger partial charge in [-0.2, -0.15) is 0 Å². The third-order valence-corrected chi connectivity index (χ3v) is 4.62. The van der Waals surface area contributed by atoms with Crippen molar-refractivity contribution in [1.29, 1.82) is 0 Å². The summed E-state index contributed by atoms with van der Waals surface area (Å²) in [7, 11) is 0. The van der Waals surface area contributed by atoms with E-state index >= 15 is 0 Å². The number of nitrogens with one attached hydrogen (secondary N) is 1. The molecule has 0 aliphatic heterocycles. The molecule has 0 amide bonds. The van der Waals surface area contributed by atoms with Crippen molar-refractivity contribution >= 4 is 0 Å². The first kappa shape index (κ1) is 14.5. The van der Waals surface area contributed by atoms with Gasteiger partial charge < -0.3 is 0 Å². The summed E-state index contributed by atoms with van der Waals surface area (Å²) in [5.74, 6) is 7.42. The van der Waals surface area contributed by atoms with E-state index in [0.29, 0.717) is 6.04 Å². The van der Waals surface area contributed by atoms with E-state index in [9.17, 15) is 0 Å². The number of hydrazine groups is 1. The van der Waals surface area contributed by atoms with Gasteiger partial charge in [0.15, 0.2) is 0 Å². The summed E-state index contributed by atoms with van der Waals surface area (Å²) >= 11 is 0. The van der Waals surface area contributed by atoms with Crippen LogP contribution in [0.15, 0.2) is 24.3 Å². The van der Waals surface area contributed by atoms with Crippen LogP contribution < -0.4 is 11.3 Å². The number of benzene rings is 1. The molecule has 1 aliphatic rings. The van der Waals surface area contributed by atoms with Crippen LogP contribution in [-0.4, -0.2) is 6.04 Å². The highest BCUT2D eigenvalue weighted by molar-refractivity contribution is 5.21. The Kier molecular flexibility index (Phi) is 5.41. The van der Waals surface area contributed by atoms with Crippen molar-refractivity contribution in [1.82, 2.24) is 5.43 Å². The van der Waals surface area contributed by atoms with E-state index in [1.807, 2.05) is 0 Å². The standard InChI is InChI=1S/C17H28N2/c1-13-6-8-15(9-7-13)10-11-17(19-18)16-5-3-4-14(2)12-16/h6-9,14,16-17,19H,3-5,10-12,18H2,1-2H3. The van der Waals surface area contributed by atoms with E-state index in [2.05, 4.69) is 43.5 Å². The summed E-state index contributed by atoms with van der Waals surface area (Å²) in [6, 6.07) is 9.36. The maximum atomic E-state index is 5.79. The van der Waals surface area contributed by atoms with Gasteiger partial charge in [-0.1, -0.05) is 49.6 Å². The minimum absolute atomic E-state index is 0.476. The van der Waals surface area contributed by atoms with Crippen LogP contribution in [0.25, 0.3) is 0 Å². The van der Waals surface area contributed by atoms with Crippen molar-refractivity contribution in [3.05, 3.63) is 35.4 Å². The van der Waals surface area contributed by atoms with Gasteiger partial charge in [0, 0.05) is 6.04 Å². The fraction of sp³-hybridized carbons (Fsp3) is 0.647. The van der Waals surface area contributed by atoms with Crippen molar-refractivity contribution in [3.8, 4) is 0 Å². The molecule has 1 aromatic carbocycles. The molecule has 2 rings (SSSR count). The van der Waals surface area contributed by atoms with Crippen LogP contribution >= 0.6 is 0 Å². The normalized spacial score (nSPS) is 25.2. The zero-order valence-electron chi connectivity index (χ0n) is 12.4. The average molecular weight is 260 g/mol. The first-order valence-electron chi connectivity index (χ1n) is 7.70. The van der Waals surface area contributed by atoms with Gasteiger partial charge in [-0.3, -0.25) is 11.3 Å². The van der Waals surface area contributed by atoms with Crippen molar-refractivity contribution in [2.24, 2.45) is 17.7 Å². The van der Waals surface area contributed by atoms with Crippen LogP contribution in [-0.2, 0) is 6.42 Å². The van der Waals surface area contributed by atoms with Gasteiger partial charge in [0.25, 0.3) is 0 Å². The molecule has 1 saturated carbocycles. The summed E-state index contributed by atoms with van der Waals surface area (Å²) in [5.41, 5.74) is 5.83. The van der Waals surface area contributed by atoms with Gasteiger partial charge in [-0.05, 0) is 50.0 Å². The Morgan fingerprint density at radius 2 is 2.00 bits per heavy atom. The van der Waals surface area contributed by atoms with E-state index in [-0.39, 0.29) is 0 Å². The van der Waals surface area contributed by atoms with Crippen LogP contribution in [0.5, 0.6) is 0 Å². The van der Waals surface area contributed by atoms with Gasteiger partial charge >= 0.3 is 0 Å². The molecule has 19 heavy (non-hydrogen) atoms. The highest BCUT2D eigenvalue weighted by Gasteiger charge is 2.25. The maximum absolute atomic E-state index is 5.79. The predicted molar refractivity (Wildman–Crippen MR) is 81.7 cm³/mol. The van der Waals surface area contributed by atoms with Crippen molar-refractivity contribution < 1.29 is 0 Å². The van der Waals surface area contributed by atoms with Crippen molar-refractivity contribution in [2.45, 2.75) is 58.4 Å². The molecule has 2 heteroatoms. The predicted octanol–water partition coefficient (Wildman–Crippen LogP) is 3.59. The Hall–Kier alpha value is -0.860. The molecule has 3 atom stereocenters. The summed E-state index contributed by atoms with van der Waals surface area (Å²) in [6.07, 6.45) is 7.72. The molecule has 0 radical (unpaired) electrons. The molecular weight excluding hydrogens is 232 g/mol. The van der Waals surface area contributed by atoms with Gasteiger partial charge in [0.2, 0.25) is 0 Å².